The molecule has 0 radical (unpaired) electrons. The van der Waals surface area contributed by atoms with Gasteiger partial charge in [-0.25, -0.2) is 4.98 Å². The fourth-order valence-corrected chi connectivity index (χ4v) is 3.50. The average Bonchev–Trinajstić information content (AvgIpc) is 2.85. The molecule has 3 nitrogen and oxygen atoms in total. The largest absolute Gasteiger partial charge is 0.325 e. The zero-order valence-electron chi connectivity index (χ0n) is 12.5. The molecule has 1 heterocycles. The molecule has 0 N–H and O–H groups in total. The van der Waals surface area contributed by atoms with E-state index in [9.17, 15) is 5.26 Å². The summed E-state index contributed by atoms with van der Waals surface area (Å²) >= 11 is 7.87. The molecule has 0 aliphatic carbocycles. The second-order valence-corrected chi connectivity index (χ2v) is 6.73. The molecule has 112 valence electrons. The third kappa shape index (κ3) is 3.53. The molecule has 0 saturated carbocycles. The van der Waals surface area contributed by atoms with Gasteiger partial charge in [-0.2, -0.15) is 17.0 Å². The van der Waals surface area contributed by atoms with Gasteiger partial charge in [-0.05, 0) is 37.0 Å². The summed E-state index contributed by atoms with van der Waals surface area (Å²) in [5.74, 6) is 3.80. The quantitative estimate of drug-likeness (QED) is 0.561. The van der Waals surface area contributed by atoms with E-state index < -0.39 is 0 Å². The molecule has 1 atom stereocenters. The highest BCUT2D eigenvalue weighted by atomic mass is 35.5. The maximum Gasteiger partial charge on any atom is 0.111 e. The van der Waals surface area contributed by atoms with Crippen LogP contribution in [-0.4, -0.2) is 26.9 Å². The van der Waals surface area contributed by atoms with Crippen LogP contribution in [0.25, 0.3) is 11.0 Å². The van der Waals surface area contributed by atoms with E-state index in [1.54, 1.807) is 0 Å². The van der Waals surface area contributed by atoms with Gasteiger partial charge in [0.15, 0.2) is 0 Å². The van der Waals surface area contributed by atoms with Crippen LogP contribution in [0.1, 0.15) is 37.7 Å². The van der Waals surface area contributed by atoms with Gasteiger partial charge < -0.3 is 4.57 Å². The molecule has 0 aliphatic rings. The van der Waals surface area contributed by atoms with Crippen LogP contribution in [0.4, 0.5) is 0 Å². The molecule has 0 saturated heterocycles. The van der Waals surface area contributed by atoms with Gasteiger partial charge in [0, 0.05) is 18.3 Å². The molecular weight excluding hydrogens is 302 g/mol. The van der Waals surface area contributed by atoms with Crippen molar-refractivity contribution in [1.82, 2.24) is 9.55 Å². The number of hydrogen-bond acceptors (Lipinski definition) is 3. The van der Waals surface area contributed by atoms with E-state index in [1.807, 2.05) is 30.0 Å². The Labute approximate surface area is 135 Å². The minimum Gasteiger partial charge on any atom is -0.325 e. The zero-order valence-corrected chi connectivity index (χ0v) is 14.0. The number of alkyl halides is 1. The van der Waals surface area contributed by atoms with Gasteiger partial charge in [0.25, 0.3) is 0 Å². The fraction of sp³-hybridized carbons (Fsp3) is 0.500. The van der Waals surface area contributed by atoms with Crippen LogP contribution in [0.15, 0.2) is 18.2 Å². The number of halogens is 1. The predicted octanol–water partition coefficient (Wildman–Crippen LogP) is 4.39. The van der Waals surface area contributed by atoms with Crippen molar-refractivity contribution in [2.75, 3.05) is 17.4 Å². The second kappa shape index (κ2) is 7.72. The van der Waals surface area contributed by atoms with E-state index in [0.717, 1.165) is 41.2 Å². The molecule has 2 aromatic rings. The molecule has 0 spiro atoms. The van der Waals surface area contributed by atoms with E-state index in [1.165, 1.54) is 0 Å². The molecule has 1 aromatic carbocycles. The monoisotopic (exact) mass is 321 g/mol. The number of thioether (sulfide) groups is 1. The van der Waals surface area contributed by atoms with Crippen molar-refractivity contribution in [1.29, 1.82) is 5.26 Å². The van der Waals surface area contributed by atoms with Crippen LogP contribution < -0.4 is 0 Å². The van der Waals surface area contributed by atoms with E-state index in [-0.39, 0.29) is 0 Å². The molecule has 0 amide bonds. The van der Waals surface area contributed by atoms with Crippen LogP contribution in [0, 0.1) is 11.3 Å². The van der Waals surface area contributed by atoms with Crippen LogP contribution in [0.2, 0.25) is 0 Å². The Hall–Kier alpha value is -1.18. The average molecular weight is 322 g/mol. The van der Waals surface area contributed by atoms with Crippen molar-refractivity contribution in [3.63, 3.8) is 0 Å². The first-order chi connectivity index (χ1) is 10.2. The minimum absolute atomic E-state index is 0.362. The van der Waals surface area contributed by atoms with Gasteiger partial charge >= 0.3 is 0 Å². The van der Waals surface area contributed by atoms with Crippen molar-refractivity contribution in [3.05, 3.63) is 29.6 Å². The fourth-order valence-electron chi connectivity index (χ4n) is 2.54. The number of nitrogens with zero attached hydrogens (tertiary/aromatic N) is 3. The number of aromatic nitrogens is 2. The van der Waals surface area contributed by atoms with Gasteiger partial charge in [0.05, 0.1) is 11.1 Å². The predicted molar refractivity (Wildman–Crippen MR) is 91.2 cm³/mol. The highest BCUT2D eigenvalue weighted by Crippen LogP contribution is 2.26. The normalized spacial score (nSPS) is 12.5. The summed E-state index contributed by atoms with van der Waals surface area (Å²) < 4.78 is 2.26. The summed E-state index contributed by atoms with van der Waals surface area (Å²) in [5.41, 5.74) is 2.48. The highest BCUT2D eigenvalue weighted by molar-refractivity contribution is 7.99. The standard InChI is InChI=1S/C16H20ClN3S/c1-3-21-10-8-12(2)20-14-6-4-5-13(11-18)16(14)19-15(20)7-9-17/h4-6,12H,3,7-10H2,1-2H3. The number of hydrogen-bond donors (Lipinski definition) is 0. The number of para-hydroxylation sites is 1. The Morgan fingerprint density at radius 1 is 1.48 bits per heavy atom. The lowest BCUT2D eigenvalue weighted by Crippen LogP contribution is -2.11. The Kier molecular flexibility index (Phi) is 5.96. The molecule has 1 aromatic heterocycles. The van der Waals surface area contributed by atoms with Crippen LogP contribution in [0.5, 0.6) is 0 Å². The number of fused-ring (bicyclic) bond motifs is 1. The van der Waals surface area contributed by atoms with Gasteiger partial charge in [-0.15, -0.1) is 11.6 Å². The third-order valence-electron chi connectivity index (χ3n) is 3.56. The molecule has 0 fully saturated rings. The van der Waals surface area contributed by atoms with E-state index in [4.69, 9.17) is 11.6 Å². The van der Waals surface area contributed by atoms with Crippen molar-refractivity contribution in [2.24, 2.45) is 0 Å². The van der Waals surface area contributed by atoms with Crippen molar-refractivity contribution in [3.8, 4) is 6.07 Å². The van der Waals surface area contributed by atoms with Crippen molar-refractivity contribution < 1.29 is 0 Å². The number of rotatable bonds is 7. The van der Waals surface area contributed by atoms with E-state index >= 15 is 0 Å². The maximum absolute atomic E-state index is 9.25. The van der Waals surface area contributed by atoms with Gasteiger partial charge in [0.1, 0.15) is 17.4 Å². The third-order valence-corrected chi connectivity index (χ3v) is 4.68. The van der Waals surface area contributed by atoms with Crippen molar-refractivity contribution >= 4 is 34.4 Å². The van der Waals surface area contributed by atoms with E-state index in [0.29, 0.717) is 17.5 Å². The van der Waals surface area contributed by atoms with Crippen LogP contribution in [0.3, 0.4) is 0 Å². The lowest BCUT2D eigenvalue weighted by Gasteiger charge is -2.17. The molecule has 21 heavy (non-hydrogen) atoms. The Morgan fingerprint density at radius 2 is 2.29 bits per heavy atom. The number of benzene rings is 1. The van der Waals surface area contributed by atoms with Gasteiger partial charge in [0.2, 0.25) is 0 Å². The van der Waals surface area contributed by atoms with Crippen LogP contribution in [-0.2, 0) is 6.42 Å². The Morgan fingerprint density at radius 3 is 2.95 bits per heavy atom. The summed E-state index contributed by atoms with van der Waals surface area (Å²) in [6.07, 6.45) is 1.82. The number of nitriles is 1. The zero-order chi connectivity index (χ0) is 15.2. The van der Waals surface area contributed by atoms with Crippen LogP contribution >= 0.6 is 23.4 Å². The summed E-state index contributed by atoms with van der Waals surface area (Å²) in [4.78, 5) is 4.67. The van der Waals surface area contributed by atoms with Gasteiger partial charge in [-0.1, -0.05) is 13.0 Å². The van der Waals surface area contributed by atoms with Gasteiger partial charge in [-0.3, -0.25) is 0 Å². The summed E-state index contributed by atoms with van der Waals surface area (Å²) in [6.45, 7) is 4.40. The molecule has 0 bridgehead atoms. The smallest absolute Gasteiger partial charge is 0.111 e. The first kappa shape index (κ1) is 16.2. The topological polar surface area (TPSA) is 41.6 Å². The molecule has 2 rings (SSSR count). The summed E-state index contributed by atoms with van der Waals surface area (Å²) in [6, 6.07) is 8.39. The summed E-state index contributed by atoms with van der Waals surface area (Å²) in [5, 5.41) is 9.25. The molecule has 5 heteroatoms. The first-order valence-electron chi connectivity index (χ1n) is 7.26. The first-order valence-corrected chi connectivity index (χ1v) is 8.95. The second-order valence-electron chi connectivity index (χ2n) is 4.96. The van der Waals surface area contributed by atoms with Crippen molar-refractivity contribution in [2.45, 2.75) is 32.7 Å². The Bertz CT molecular complexity index is 645. The minimum atomic E-state index is 0.362. The number of imidazole rings is 1. The lowest BCUT2D eigenvalue weighted by molar-refractivity contribution is 0.528. The summed E-state index contributed by atoms with van der Waals surface area (Å²) in [7, 11) is 0. The van der Waals surface area contributed by atoms with E-state index in [2.05, 4.69) is 29.5 Å². The molecule has 0 aliphatic heterocycles. The Balaban J connectivity index is 2.44. The highest BCUT2D eigenvalue weighted by Gasteiger charge is 2.17. The number of aryl methyl sites for hydroxylation is 1. The SMILES string of the molecule is CCSCCC(C)n1c(CCCl)nc2c(C#N)cccc21. The molecular formula is C16H20ClN3S. The lowest BCUT2D eigenvalue weighted by atomic mass is 10.2. The maximum atomic E-state index is 9.25. The molecule has 1 unspecified atom stereocenters.